The first-order chi connectivity index (χ1) is 7.79. The van der Waals surface area contributed by atoms with Gasteiger partial charge in [0.1, 0.15) is 5.75 Å². The summed E-state index contributed by atoms with van der Waals surface area (Å²) in [6, 6.07) is 6.33. The van der Waals surface area contributed by atoms with E-state index in [4.69, 9.17) is 10.5 Å². The Balaban J connectivity index is 2.06. The van der Waals surface area contributed by atoms with Crippen molar-refractivity contribution in [3.8, 4) is 5.75 Å². The van der Waals surface area contributed by atoms with Gasteiger partial charge in [0.25, 0.3) is 0 Å². The number of ether oxygens (including phenoxy) is 1. The Morgan fingerprint density at radius 2 is 2.00 bits per heavy atom. The third kappa shape index (κ3) is 2.60. The molecule has 1 aliphatic carbocycles. The highest BCUT2D eigenvalue weighted by molar-refractivity contribution is 5.68. The van der Waals surface area contributed by atoms with Crippen LogP contribution in [0.1, 0.15) is 32.1 Å². The van der Waals surface area contributed by atoms with E-state index in [2.05, 4.69) is 5.32 Å². The Labute approximate surface area is 97.0 Å². The van der Waals surface area contributed by atoms with Gasteiger partial charge in [0.05, 0.1) is 18.5 Å². The predicted molar refractivity (Wildman–Crippen MR) is 67.9 cm³/mol. The molecule has 3 nitrogen and oxygen atoms in total. The molecule has 0 heterocycles. The van der Waals surface area contributed by atoms with E-state index in [1.54, 1.807) is 7.11 Å². The molecule has 0 unspecified atom stereocenters. The normalized spacial score (nSPS) is 17.1. The van der Waals surface area contributed by atoms with Crippen molar-refractivity contribution in [2.75, 3.05) is 18.2 Å². The van der Waals surface area contributed by atoms with Crippen LogP contribution < -0.4 is 15.8 Å². The summed E-state index contributed by atoms with van der Waals surface area (Å²) in [4.78, 5) is 0. The second-order valence-electron chi connectivity index (χ2n) is 4.43. The van der Waals surface area contributed by atoms with Gasteiger partial charge in [-0.25, -0.2) is 0 Å². The van der Waals surface area contributed by atoms with Crippen LogP contribution in [0.2, 0.25) is 0 Å². The number of methoxy groups -OCH3 is 1. The smallest absolute Gasteiger partial charge is 0.121 e. The molecule has 1 aromatic rings. The van der Waals surface area contributed by atoms with Crippen LogP contribution in [0.25, 0.3) is 0 Å². The van der Waals surface area contributed by atoms with Gasteiger partial charge in [-0.2, -0.15) is 0 Å². The van der Waals surface area contributed by atoms with Crippen LogP contribution in [0.4, 0.5) is 11.4 Å². The first kappa shape index (κ1) is 11.1. The van der Waals surface area contributed by atoms with Crippen molar-refractivity contribution in [1.29, 1.82) is 0 Å². The highest BCUT2D eigenvalue weighted by Crippen LogP contribution is 2.28. The van der Waals surface area contributed by atoms with E-state index in [0.717, 1.165) is 17.1 Å². The Morgan fingerprint density at radius 1 is 1.25 bits per heavy atom. The van der Waals surface area contributed by atoms with Crippen molar-refractivity contribution in [2.45, 2.75) is 38.1 Å². The van der Waals surface area contributed by atoms with Gasteiger partial charge >= 0.3 is 0 Å². The summed E-state index contributed by atoms with van der Waals surface area (Å²) in [5, 5.41) is 3.52. The van der Waals surface area contributed by atoms with Crippen LogP contribution in [-0.2, 0) is 0 Å². The minimum atomic E-state index is 0.572. The van der Waals surface area contributed by atoms with Gasteiger partial charge in [0, 0.05) is 12.1 Å². The van der Waals surface area contributed by atoms with Crippen molar-refractivity contribution >= 4 is 11.4 Å². The maximum atomic E-state index is 5.94. The third-order valence-corrected chi connectivity index (χ3v) is 3.23. The van der Waals surface area contributed by atoms with Gasteiger partial charge < -0.3 is 15.8 Å². The van der Waals surface area contributed by atoms with Crippen molar-refractivity contribution in [3.05, 3.63) is 18.2 Å². The molecule has 2 rings (SSSR count). The Morgan fingerprint density at radius 3 is 2.69 bits per heavy atom. The second-order valence-corrected chi connectivity index (χ2v) is 4.43. The second kappa shape index (κ2) is 5.10. The molecule has 0 bridgehead atoms. The lowest BCUT2D eigenvalue weighted by Crippen LogP contribution is -2.22. The lowest BCUT2D eigenvalue weighted by atomic mass is 9.95. The summed E-state index contributed by atoms with van der Waals surface area (Å²) >= 11 is 0. The summed E-state index contributed by atoms with van der Waals surface area (Å²) in [5.41, 5.74) is 7.75. The van der Waals surface area contributed by atoms with Crippen LogP contribution in [0.15, 0.2) is 18.2 Å². The molecular weight excluding hydrogens is 200 g/mol. The molecule has 0 spiro atoms. The van der Waals surface area contributed by atoms with E-state index >= 15 is 0 Å². The van der Waals surface area contributed by atoms with E-state index in [1.807, 2.05) is 18.2 Å². The van der Waals surface area contributed by atoms with Crippen molar-refractivity contribution in [1.82, 2.24) is 0 Å². The molecular formula is C13H20N2O. The molecule has 1 saturated carbocycles. The quantitative estimate of drug-likeness (QED) is 0.770. The summed E-state index contributed by atoms with van der Waals surface area (Å²) in [6.45, 7) is 0. The number of rotatable bonds is 3. The average molecular weight is 220 g/mol. The lowest BCUT2D eigenvalue weighted by Gasteiger charge is -2.24. The number of benzene rings is 1. The average Bonchev–Trinajstić information content (AvgIpc) is 2.33. The van der Waals surface area contributed by atoms with Crippen molar-refractivity contribution in [3.63, 3.8) is 0 Å². The Hall–Kier alpha value is -1.38. The van der Waals surface area contributed by atoms with Crippen molar-refractivity contribution < 1.29 is 4.74 Å². The van der Waals surface area contributed by atoms with Gasteiger partial charge in [0.2, 0.25) is 0 Å². The zero-order valence-corrected chi connectivity index (χ0v) is 9.83. The summed E-state index contributed by atoms with van der Waals surface area (Å²) in [5.74, 6) is 0.854. The standard InChI is InChI=1S/C13H20N2O/c1-16-11-7-8-12(14)13(9-11)15-10-5-3-2-4-6-10/h7-10,15H,2-6,14H2,1H3. The maximum Gasteiger partial charge on any atom is 0.121 e. The first-order valence-corrected chi connectivity index (χ1v) is 5.99. The number of nitrogens with two attached hydrogens (primary N) is 1. The molecule has 0 amide bonds. The largest absolute Gasteiger partial charge is 0.497 e. The minimum absolute atomic E-state index is 0.572. The van der Waals surface area contributed by atoms with Crippen LogP contribution >= 0.6 is 0 Å². The van der Waals surface area contributed by atoms with Gasteiger partial charge in [-0.05, 0) is 25.0 Å². The molecule has 1 aromatic carbocycles. The molecule has 0 aliphatic heterocycles. The van der Waals surface area contributed by atoms with Gasteiger partial charge in [-0.15, -0.1) is 0 Å². The molecule has 0 radical (unpaired) electrons. The lowest BCUT2D eigenvalue weighted by molar-refractivity contribution is 0.414. The van der Waals surface area contributed by atoms with E-state index in [9.17, 15) is 0 Å². The molecule has 3 N–H and O–H groups in total. The molecule has 1 fully saturated rings. The topological polar surface area (TPSA) is 47.3 Å². The van der Waals surface area contributed by atoms with Crippen LogP contribution in [0.3, 0.4) is 0 Å². The minimum Gasteiger partial charge on any atom is -0.497 e. The highest BCUT2D eigenvalue weighted by atomic mass is 16.5. The van der Waals surface area contributed by atoms with E-state index < -0.39 is 0 Å². The maximum absolute atomic E-state index is 5.94. The van der Waals surface area contributed by atoms with Gasteiger partial charge in [-0.3, -0.25) is 0 Å². The zero-order chi connectivity index (χ0) is 11.4. The molecule has 0 aromatic heterocycles. The molecule has 1 aliphatic rings. The Bertz CT molecular complexity index is 346. The summed E-state index contributed by atoms with van der Waals surface area (Å²) < 4.78 is 5.20. The number of hydrogen-bond acceptors (Lipinski definition) is 3. The molecule has 0 saturated heterocycles. The number of anilines is 2. The Kier molecular flexibility index (Phi) is 3.54. The van der Waals surface area contributed by atoms with Gasteiger partial charge in [0.15, 0.2) is 0 Å². The van der Waals surface area contributed by atoms with Crippen molar-refractivity contribution in [2.24, 2.45) is 0 Å². The third-order valence-electron chi connectivity index (χ3n) is 3.23. The van der Waals surface area contributed by atoms with E-state index in [0.29, 0.717) is 6.04 Å². The zero-order valence-electron chi connectivity index (χ0n) is 9.83. The van der Waals surface area contributed by atoms with Gasteiger partial charge in [-0.1, -0.05) is 19.3 Å². The molecule has 3 heteroatoms. The molecule has 0 atom stereocenters. The summed E-state index contributed by atoms with van der Waals surface area (Å²) in [7, 11) is 1.68. The SMILES string of the molecule is COc1ccc(N)c(NC2CCCCC2)c1. The van der Waals surface area contributed by atoms with Crippen LogP contribution in [-0.4, -0.2) is 13.2 Å². The number of nitrogen functional groups attached to an aromatic ring is 1. The van der Waals surface area contributed by atoms with E-state index in [-0.39, 0.29) is 0 Å². The fourth-order valence-corrected chi connectivity index (χ4v) is 2.25. The van der Waals surface area contributed by atoms with E-state index in [1.165, 1.54) is 32.1 Å². The predicted octanol–water partition coefficient (Wildman–Crippen LogP) is 3.02. The molecule has 88 valence electrons. The number of hydrogen-bond donors (Lipinski definition) is 2. The fraction of sp³-hybridized carbons (Fsp3) is 0.538. The monoisotopic (exact) mass is 220 g/mol. The fourth-order valence-electron chi connectivity index (χ4n) is 2.25. The first-order valence-electron chi connectivity index (χ1n) is 5.99. The van der Waals surface area contributed by atoms with Crippen LogP contribution in [0.5, 0.6) is 5.75 Å². The van der Waals surface area contributed by atoms with Crippen LogP contribution in [0, 0.1) is 0 Å². The molecule has 16 heavy (non-hydrogen) atoms. The highest BCUT2D eigenvalue weighted by Gasteiger charge is 2.14. The number of nitrogens with one attached hydrogen (secondary N) is 1. The summed E-state index contributed by atoms with van der Waals surface area (Å²) in [6.07, 6.45) is 6.50.